The van der Waals surface area contributed by atoms with Gasteiger partial charge in [-0.2, -0.15) is 0 Å². The number of rotatable bonds is 2. The smallest absolute Gasteiger partial charge is 0.246 e. The highest BCUT2D eigenvalue weighted by molar-refractivity contribution is 7.02. The first kappa shape index (κ1) is 40.0. The van der Waals surface area contributed by atoms with E-state index < -0.39 is 10.8 Å². The summed E-state index contributed by atoms with van der Waals surface area (Å²) in [6.45, 7) is -0.0262. The number of nitrogens with zero attached hydrogens (tertiary/aromatic N) is 1. The fraction of sp³-hybridized carbons (Fsp3) is 0.0270. The average molecular weight is 966 g/mol. The molecule has 0 saturated carbocycles. The Morgan fingerprint density at radius 1 is 0.247 bits per heavy atom. The summed E-state index contributed by atoms with van der Waals surface area (Å²) in [4.78, 5) is 0. The highest BCUT2D eigenvalue weighted by Crippen LogP contribution is 2.64. The fourth-order valence-electron chi connectivity index (χ4n) is 17.3. The van der Waals surface area contributed by atoms with Crippen LogP contribution in [0.1, 0.15) is 44.5 Å². The lowest BCUT2D eigenvalue weighted by Gasteiger charge is -2.35. The Labute approximate surface area is 445 Å². The van der Waals surface area contributed by atoms with E-state index >= 15 is 0 Å². The number of benzene rings is 13. The molecule has 6 aliphatic rings. The second-order valence-corrected chi connectivity index (χ2v) is 22.8. The summed E-state index contributed by atoms with van der Waals surface area (Å²) in [5.74, 6) is 0. The second-order valence-electron chi connectivity index (χ2n) is 22.8. The molecular weight excluding hydrogens is 924 g/mol. The van der Waals surface area contributed by atoms with E-state index in [1.807, 2.05) is 0 Å². The third kappa shape index (κ3) is 4.32. The molecule has 0 saturated heterocycles. The summed E-state index contributed by atoms with van der Waals surface area (Å²) in [5, 5.41) is 8.10. The third-order valence-corrected chi connectivity index (χ3v) is 19.9. The number of para-hydroxylation sites is 1. The SMILES string of the molecule is c1cc2c3c(c1)B(c1ccc4c(c1)C1(c5ccccc5-c5ccccc51)c1ccccc1-4)c1ccc4c5ccccc5c5ccc(c6c5c4c1n6-3)B2c1ccc2c(c1)C1(c3ccccc3-c3ccccc31)c1ccccc1-2. The van der Waals surface area contributed by atoms with Gasteiger partial charge < -0.3 is 4.57 Å². The monoisotopic (exact) mass is 965 g/mol. The zero-order valence-corrected chi connectivity index (χ0v) is 41.8. The van der Waals surface area contributed by atoms with E-state index in [4.69, 9.17) is 0 Å². The molecule has 0 amide bonds. The van der Waals surface area contributed by atoms with E-state index in [2.05, 4.69) is 253 Å². The van der Waals surface area contributed by atoms with Crippen LogP contribution < -0.4 is 32.8 Å². The number of aromatic nitrogens is 1. The van der Waals surface area contributed by atoms with Crippen LogP contribution >= 0.6 is 0 Å². The maximum absolute atomic E-state index is 2.74. The first-order valence-corrected chi connectivity index (χ1v) is 27.5. The minimum atomic E-state index is -0.432. The molecule has 0 fully saturated rings. The zero-order valence-electron chi connectivity index (χ0n) is 41.8. The summed E-state index contributed by atoms with van der Waals surface area (Å²) < 4.78 is 2.74. The molecule has 1 nitrogen and oxygen atoms in total. The van der Waals surface area contributed by atoms with E-state index in [1.54, 1.807) is 0 Å². The third-order valence-electron chi connectivity index (χ3n) is 19.9. The number of hydrogen-bond acceptors (Lipinski definition) is 0. The van der Waals surface area contributed by atoms with Crippen molar-refractivity contribution in [3.05, 3.63) is 293 Å². The van der Waals surface area contributed by atoms with Crippen LogP contribution in [0.3, 0.4) is 0 Å². The van der Waals surface area contributed by atoms with Gasteiger partial charge >= 0.3 is 0 Å². The molecule has 2 aliphatic heterocycles. The van der Waals surface area contributed by atoms with Gasteiger partial charge in [0.2, 0.25) is 13.4 Å². The standard InChI is InChI=1S/C74H41B2N/c1-2-17-45-44(16-1)54-36-38-66-71-68(54)69-55(45)37-39-67-72(69)77(71)70-64(75(66)42-32-34-52-50-22-7-13-28-60(50)73(62(52)40-42)56-24-9-3-18-46(56)47-19-4-10-25-57(47)73)30-15-31-65(70)76(67)43-33-35-53-51-23-8-14-29-61(51)74(63(53)41-43)58-26-11-5-20-48(58)49-21-6-12-27-59(49)74/h1-41H. The van der Waals surface area contributed by atoms with Gasteiger partial charge in [0.15, 0.2) is 0 Å². The molecule has 2 spiro atoms. The van der Waals surface area contributed by atoms with Crippen molar-refractivity contribution in [1.29, 1.82) is 0 Å². The molecule has 77 heavy (non-hydrogen) atoms. The van der Waals surface area contributed by atoms with Gasteiger partial charge in [-0.05, 0) is 132 Å². The lowest BCUT2D eigenvalue weighted by atomic mass is 9.31. The van der Waals surface area contributed by atoms with Crippen LogP contribution in [-0.4, -0.2) is 18.0 Å². The van der Waals surface area contributed by atoms with Crippen molar-refractivity contribution < 1.29 is 0 Å². The molecule has 0 N–H and O–H groups in total. The van der Waals surface area contributed by atoms with Crippen molar-refractivity contribution in [1.82, 2.24) is 4.57 Å². The van der Waals surface area contributed by atoms with Gasteiger partial charge in [-0.25, -0.2) is 0 Å². The molecule has 13 aromatic carbocycles. The lowest BCUT2D eigenvalue weighted by molar-refractivity contribution is 0.794. The lowest BCUT2D eigenvalue weighted by Crippen LogP contribution is -2.63. The fourth-order valence-corrected chi connectivity index (χ4v) is 17.3. The van der Waals surface area contributed by atoms with Crippen LogP contribution in [0.5, 0.6) is 0 Å². The van der Waals surface area contributed by atoms with E-state index in [9.17, 15) is 0 Å². The largest absolute Gasteiger partial charge is 0.311 e. The second kappa shape index (κ2) is 13.5. The molecule has 3 heteroatoms. The molecular formula is C74H41B2N. The van der Waals surface area contributed by atoms with E-state index in [0.717, 1.165) is 0 Å². The zero-order chi connectivity index (χ0) is 49.6. The molecule has 14 aromatic rings. The van der Waals surface area contributed by atoms with Gasteiger partial charge in [-0.15, -0.1) is 0 Å². The van der Waals surface area contributed by atoms with Crippen LogP contribution in [0.4, 0.5) is 0 Å². The van der Waals surface area contributed by atoms with Crippen LogP contribution in [0.15, 0.2) is 249 Å². The van der Waals surface area contributed by atoms with Gasteiger partial charge in [0, 0.05) is 27.5 Å². The Balaban J connectivity index is 0.885. The van der Waals surface area contributed by atoms with Crippen LogP contribution in [-0.2, 0) is 10.8 Å². The molecule has 0 bridgehead atoms. The van der Waals surface area contributed by atoms with Gasteiger partial charge in [0.25, 0.3) is 0 Å². The van der Waals surface area contributed by atoms with Gasteiger partial charge in [-0.3, -0.25) is 0 Å². The van der Waals surface area contributed by atoms with Crippen molar-refractivity contribution in [2.24, 2.45) is 0 Å². The topological polar surface area (TPSA) is 4.93 Å². The quantitative estimate of drug-likeness (QED) is 0.120. The first-order valence-electron chi connectivity index (χ1n) is 27.5. The number of hydrogen-bond donors (Lipinski definition) is 0. The molecule has 4 aliphatic carbocycles. The average Bonchev–Trinajstić information content (AvgIpc) is 4.44. The Bertz CT molecular complexity index is 4650. The molecule has 0 radical (unpaired) electrons. The first-order chi connectivity index (χ1) is 38.2. The van der Waals surface area contributed by atoms with Gasteiger partial charge in [0.1, 0.15) is 0 Å². The Morgan fingerprint density at radius 3 is 0.935 bits per heavy atom. The highest BCUT2D eigenvalue weighted by atomic mass is 15.0. The molecule has 0 atom stereocenters. The minimum Gasteiger partial charge on any atom is -0.311 e. The van der Waals surface area contributed by atoms with Crippen molar-refractivity contribution in [3.8, 4) is 50.2 Å². The normalized spacial score (nSPS) is 15.2. The molecule has 1 aromatic heterocycles. The summed E-state index contributed by atoms with van der Waals surface area (Å²) >= 11 is 0. The van der Waals surface area contributed by atoms with Crippen molar-refractivity contribution in [2.75, 3.05) is 0 Å². The van der Waals surface area contributed by atoms with Crippen LogP contribution in [0.25, 0.3) is 93.5 Å². The summed E-state index contributed by atoms with van der Waals surface area (Å²) in [5.41, 5.74) is 33.1. The summed E-state index contributed by atoms with van der Waals surface area (Å²) in [6.07, 6.45) is 0. The van der Waals surface area contributed by atoms with E-state index in [-0.39, 0.29) is 13.4 Å². The maximum atomic E-state index is 2.74. The van der Waals surface area contributed by atoms with Crippen LogP contribution in [0.2, 0.25) is 0 Å². The highest BCUT2D eigenvalue weighted by Gasteiger charge is 2.54. The Hall–Kier alpha value is -9.43. The van der Waals surface area contributed by atoms with Crippen LogP contribution in [0, 0.1) is 0 Å². The predicted molar refractivity (Wildman–Crippen MR) is 322 cm³/mol. The molecule has 3 heterocycles. The van der Waals surface area contributed by atoms with E-state index in [0.29, 0.717) is 0 Å². The van der Waals surface area contributed by atoms with Crippen molar-refractivity contribution >= 4 is 89.6 Å². The van der Waals surface area contributed by atoms with E-state index in [1.165, 1.54) is 171 Å². The van der Waals surface area contributed by atoms with Gasteiger partial charge in [-0.1, -0.05) is 260 Å². The summed E-state index contributed by atoms with van der Waals surface area (Å²) in [6, 6.07) is 96.9. The molecule has 348 valence electrons. The summed E-state index contributed by atoms with van der Waals surface area (Å²) in [7, 11) is 0. The van der Waals surface area contributed by atoms with Gasteiger partial charge in [0.05, 0.1) is 10.8 Å². The Morgan fingerprint density at radius 2 is 0.571 bits per heavy atom. The van der Waals surface area contributed by atoms with Crippen molar-refractivity contribution in [3.63, 3.8) is 0 Å². The Kier molecular flexibility index (Phi) is 7.01. The predicted octanol–water partition coefficient (Wildman–Crippen LogP) is 12.9. The maximum Gasteiger partial charge on any atom is 0.246 e. The van der Waals surface area contributed by atoms with Crippen molar-refractivity contribution in [2.45, 2.75) is 10.8 Å². The number of fused-ring (bicyclic) bond motifs is 23. The molecule has 20 rings (SSSR count). The minimum absolute atomic E-state index is 0.0131. The molecule has 0 unspecified atom stereocenters.